The van der Waals surface area contributed by atoms with Gasteiger partial charge in [0.1, 0.15) is 5.82 Å². The Morgan fingerprint density at radius 3 is 2.73 bits per heavy atom. The molecule has 1 saturated heterocycles. The number of hydrogen-bond donors (Lipinski definition) is 1. The molecule has 26 heavy (non-hydrogen) atoms. The SMILES string of the molecule is O=C(Nc1ccc(N2CCOCC2)c(F)c1)C1CC1c1cccc(Br)c1. The second-order valence-corrected chi connectivity index (χ2v) is 7.67. The molecule has 2 unspecified atom stereocenters. The van der Waals surface area contributed by atoms with Gasteiger partial charge in [0, 0.05) is 29.2 Å². The van der Waals surface area contributed by atoms with Gasteiger partial charge < -0.3 is 15.0 Å². The van der Waals surface area contributed by atoms with Crippen LogP contribution in [0.3, 0.4) is 0 Å². The molecule has 2 fully saturated rings. The Balaban J connectivity index is 1.40. The number of amides is 1. The van der Waals surface area contributed by atoms with E-state index in [2.05, 4.69) is 27.3 Å². The number of carbonyl (C=O) groups is 1. The van der Waals surface area contributed by atoms with Gasteiger partial charge in [0.2, 0.25) is 5.91 Å². The molecule has 1 saturated carbocycles. The van der Waals surface area contributed by atoms with Crippen LogP contribution in [0.15, 0.2) is 46.9 Å². The van der Waals surface area contributed by atoms with Gasteiger partial charge in [-0.2, -0.15) is 0 Å². The fourth-order valence-corrected chi connectivity index (χ4v) is 3.89. The fraction of sp³-hybridized carbons (Fsp3) is 0.350. The third kappa shape index (κ3) is 3.76. The zero-order valence-electron chi connectivity index (χ0n) is 14.3. The Morgan fingerprint density at radius 1 is 1.19 bits per heavy atom. The number of carbonyl (C=O) groups excluding carboxylic acids is 1. The Kier molecular flexibility index (Phi) is 4.96. The maximum Gasteiger partial charge on any atom is 0.228 e. The van der Waals surface area contributed by atoms with Crippen molar-refractivity contribution >= 4 is 33.2 Å². The minimum Gasteiger partial charge on any atom is -0.378 e. The minimum atomic E-state index is -0.316. The van der Waals surface area contributed by atoms with Crippen LogP contribution < -0.4 is 10.2 Å². The van der Waals surface area contributed by atoms with Gasteiger partial charge in [-0.1, -0.05) is 28.1 Å². The van der Waals surface area contributed by atoms with Crippen molar-refractivity contribution in [3.63, 3.8) is 0 Å². The largest absolute Gasteiger partial charge is 0.378 e. The van der Waals surface area contributed by atoms with Crippen LogP contribution in [-0.2, 0) is 9.53 Å². The van der Waals surface area contributed by atoms with E-state index in [-0.39, 0.29) is 23.6 Å². The molecule has 1 aliphatic heterocycles. The predicted octanol–water partition coefficient (Wildman–Crippen LogP) is 4.17. The van der Waals surface area contributed by atoms with Crippen molar-refractivity contribution in [1.29, 1.82) is 0 Å². The molecule has 4 nitrogen and oxygen atoms in total. The minimum absolute atomic E-state index is 0.0477. The summed E-state index contributed by atoms with van der Waals surface area (Å²) in [6.07, 6.45) is 0.830. The average molecular weight is 419 g/mol. The van der Waals surface area contributed by atoms with Crippen LogP contribution in [0.2, 0.25) is 0 Å². The first-order valence-electron chi connectivity index (χ1n) is 8.80. The molecule has 2 aromatic carbocycles. The van der Waals surface area contributed by atoms with Crippen molar-refractivity contribution in [1.82, 2.24) is 0 Å². The highest BCUT2D eigenvalue weighted by atomic mass is 79.9. The Hall–Kier alpha value is -1.92. The van der Waals surface area contributed by atoms with Crippen LogP contribution >= 0.6 is 15.9 Å². The lowest BCUT2D eigenvalue weighted by Gasteiger charge is -2.29. The molecule has 1 N–H and O–H groups in total. The first kappa shape index (κ1) is 17.5. The molecule has 2 aromatic rings. The molecule has 6 heteroatoms. The third-order valence-corrected chi connectivity index (χ3v) is 5.46. The van der Waals surface area contributed by atoms with Crippen molar-refractivity contribution < 1.29 is 13.9 Å². The van der Waals surface area contributed by atoms with Crippen LogP contribution in [0.5, 0.6) is 0 Å². The van der Waals surface area contributed by atoms with Crippen LogP contribution in [-0.4, -0.2) is 32.2 Å². The highest BCUT2D eigenvalue weighted by Crippen LogP contribution is 2.48. The van der Waals surface area contributed by atoms with E-state index in [1.807, 2.05) is 23.1 Å². The maximum atomic E-state index is 14.4. The number of benzene rings is 2. The molecular weight excluding hydrogens is 399 g/mol. The van der Waals surface area contributed by atoms with Crippen molar-refractivity contribution in [3.05, 3.63) is 58.3 Å². The lowest BCUT2D eigenvalue weighted by atomic mass is 10.1. The Morgan fingerprint density at radius 2 is 2.00 bits per heavy atom. The van der Waals surface area contributed by atoms with E-state index in [1.165, 1.54) is 6.07 Å². The highest BCUT2D eigenvalue weighted by molar-refractivity contribution is 9.10. The Labute approximate surface area is 160 Å². The molecule has 1 amide bonds. The summed E-state index contributed by atoms with van der Waals surface area (Å²) in [6, 6.07) is 12.9. The number of morpholine rings is 1. The van der Waals surface area contributed by atoms with Crippen molar-refractivity contribution in [2.24, 2.45) is 5.92 Å². The van der Waals surface area contributed by atoms with Crippen LogP contribution in [0, 0.1) is 11.7 Å². The molecule has 2 aliphatic rings. The molecule has 0 spiro atoms. The fourth-order valence-electron chi connectivity index (χ4n) is 3.47. The summed E-state index contributed by atoms with van der Waals surface area (Å²) in [5, 5.41) is 2.86. The summed E-state index contributed by atoms with van der Waals surface area (Å²) in [5.74, 6) is -0.172. The van der Waals surface area contributed by atoms with E-state index < -0.39 is 0 Å². The average Bonchev–Trinajstić information content (AvgIpc) is 3.44. The number of hydrogen-bond acceptors (Lipinski definition) is 3. The van der Waals surface area contributed by atoms with Gasteiger partial charge in [0.05, 0.1) is 18.9 Å². The highest BCUT2D eigenvalue weighted by Gasteiger charge is 2.44. The second-order valence-electron chi connectivity index (χ2n) is 6.76. The Bertz CT molecular complexity index is 823. The third-order valence-electron chi connectivity index (χ3n) is 4.97. The van der Waals surface area contributed by atoms with E-state index >= 15 is 0 Å². The normalized spacial score (nSPS) is 22.2. The molecule has 0 aromatic heterocycles. The van der Waals surface area contributed by atoms with Gasteiger partial charge in [-0.3, -0.25) is 4.79 Å². The van der Waals surface area contributed by atoms with Crippen LogP contribution in [0.4, 0.5) is 15.8 Å². The van der Waals surface area contributed by atoms with Gasteiger partial charge in [0.15, 0.2) is 0 Å². The summed E-state index contributed by atoms with van der Waals surface area (Å²) in [7, 11) is 0. The number of anilines is 2. The lowest BCUT2D eigenvalue weighted by Crippen LogP contribution is -2.36. The zero-order valence-corrected chi connectivity index (χ0v) is 15.8. The molecule has 4 rings (SSSR count). The summed E-state index contributed by atoms with van der Waals surface area (Å²) in [4.78, 5) is 14.4. The van der Waals surface area contributed by atoms with E-state index in [0.717, 1.165) is 16.5 Å². The molecule has 1 aliphatic carbocycles. The molecule has 1 heterocycles. The smallest absolute Gasteiger partial charge is 0.228 e. The summed E-state index contributed by atoms with van der Waals surface area (Å²) >= 11 is 3.46. The number of ether oxygens (including phenoxy) is 1. The van der Waals surface area contributed by atoms with Crippen molar-refractivity contribution in [3.8, 4) is 0 Å². The number of nitrogens with zero attached hydrogens (tertiary/aromatic N) is 1. The monoisotopic (exact) mass is 418 g/mol. The van der Waals surface area contributed by atoms with Gasteiger partial charge in [0.25, 0.3) is 0 Å². The van der Waals surface area contributed by atoms with E-state index in [0.29, 0.717) is 37.7 Å². The summed E-state index contributed by atoms with van der Waals surface area (Å²) < 4.78 is 20.8. The quantitative estimate of drug-likeness (QED) is 0.809. The molecule has 0 radical (unpaired) electrons. The predicted molar refractivity (Wildman–Crippen MR) is 103 cm³/mol. The van der Waals surface area contributed by atoms with Crippen molar-refractivity contribution in [2.75, 3.05) is 36.5 Å². The van der Waals surface area contributed by atoms with E-state index in [9.17, 15) is 9.18 Å². The summed E-state index contributed by atoms with van der Waals surface area (Å²) in [6.45, 7) is 2.57. The van der Waals surface area contributed by atoms with Gasteiger partial charge >= 0.3 is 0 Å². The van der Waals surface area contributed by atoms with E-state index in [4.69, 9.17) is 4.74 Å². The maximum absolute atomic E-state index is 14.4. The lowest BCUT2D eigenvalue weighted by molar-refractivity contribution is -0.117. The second kappa shape index (κ2) is 7.37. The van der Waals surface area contributed by atoms with Crippen molar-refractivity contribution in [2.45, 2.75) is 12.3 Å². The number of halogens is 2. The van der Waals surface area contributed by atoms with Gasteiger partial charge in [-0.25, -0.2) is 4.39 Å². The van der Waals surface area contributed by atoms with Gasteiger partial charge in [-0.15, -0.1) is 0 Å². The van der Waals surface area contributed by atoms with Crippen LogP contribution in [0.1, 0.15) is 17.9 Å². The topological polar surface area (TPSA) is 41.6 Å². The summed E-state index contributed by atoms with van der Waals surface area (Å²) in [5.41, 5.74) is 2.22. The zero-order chi connectivity index (χ0) is 18.1. The van der Waals surface area contributed by atoms with E-state index in [1.54, 1.807) is 12.1 Å². The van der Waals surface area contributed by atoms with Crippen LogP contribution in [0.25, 0.3) is 0 Å². The van der Waals surface area contributed by atoms with Gasteiger partial charge in [-0.05, 0) is 48.2 Å². The standard InChI is InChI=1S/C20H20BrFN2O2/c21-14-3-1-2-13(10-14)16-12-17(16)20(25)23-15-4-5-19(18(22)11-15)24-6-8-26-9-7-24/h1-5,10-11,16-17H,6-9,12H2,(H,23,25). The first-order chi connectivity index (χ1) is 12.6. The first-order valence-corrected chi connectivity index (χ1v) is 9.60. The molecule has 136 valence electrons. The molecule has 0 bridgehead atoms. The number of rotatable bonds is 4. The molecular formula is C20H20BrFN2O2. The number of nitrogens with one attached hydrogen (secondary N) is 1. The molecule has 2 atom stereocenters.